The molecular weight excluding hydrogens is 482 g/mol. The van der Waals surface area contributed by atoms with Crippen molar-refractivity contribution < 1.29 is 19.8 Å². The Morgan fingerprint density at radius 3 is 2.82 bits per heavy atom. The monoisotopic (exact) mass is 505 g/mol. The fraction of sp³-hybridized carbons (Fsp3) is 0.348. The smallest absolute Gasteiger partial charge is 0.255 e. The topological polar surface area (TPSA) is 103 Å². The molecule has 1 aliphatic heterocycles. The van der Waals surface area contributed by atoms with Crippen LogP contribution in [-0.4, -0.2) is 50.7 Å². The molecular formula is C23H24ClN3O4S2. The van der Waals surface area contributed by atoms with Gasteiger partial charge in [-0.05, 0) is 47.9 Å². The minimum Gasteiger partial charge on any atom is -0.380 e. The van der Waals surface area contributed by atoms with Gasteiger partial charge in [-0.1, -0.05) is 29.8 Å². The molecule has 0 bridgehead atoms. The number of amides is 2. The summed E-state index contributed by atoms with van der Waals surface area (Å²) in [7, 11) is 0. The third-order valence-electron chi connectivity index (χ3n) is 5.65. The minimum atomic E-state index is -1.85. The molecule has 3 aromatic rings. The number of halogens is 1. The zero-order valence-electron chi connectivity index (χ0n) is 17.7. The lowest BCUT2D eigenvalue weighted by molar-refractivity contribution is -0.153. The molecule has 1 unspecified atom stereocenters. The van der Waals surface area contributed by atoms with Crippen LogP contribution < -0.4 is 5.32 Å². The van der Waals surface area contributed by atoms with Gasteiger partial charge in [0.05, 0.1) is 23.8 Å². The first-order valence-electron chi connectivity index (χ1n) is 10.6. The van der Waals surface area contributed by atoms with E-state index in [9.17, 15) is 19.8 Å². The van der Waals surface area contributed by atoms with Crippen LogP contribution in [0.15, 0.2) is 46.6 Å². The quantitative estimate of drug-likeness (QED) is 0.436. The largest absolute Gasteiger partial charge is 0.380 e. The van der Waals surface area contributed by atoms with E-state index in [1.165, 1.54) is 27.6 Å². The second-order valence-electron chi connectivity index (χ2n) is 7.90. The van der Waals surface area contributed by atoms with E-state index >= 15 is 0 Å². The average molecular weight is 506 g/mol. The predicted octanol–water partition coefficient (Wildman–Crippen LogP) is 3.15. The van der Waals surface area contributed by atoms with Gasteiger partial charge >= 0.3 is 0 Å². The lowest BCUT2D eigenvalue weighted by Gasteiger charge is -2.27. The third kappa shape index (κ3) is 5.62. The van der Waals surface area contributed by atoms with Crippen molar-refractivity contribution in [2.75, 3.05) is 6.54 Å². The zero-order valence-corrected chi connectivity index (χ0v) is 20.1. The summed E-state index contributed by atoms with van der Waals surface area (Å²) in [5.41, 5.74) is 4.54. The summed E-state index contributed by atoms with van der Waals surface area (Å²) in [6.45, 7) is 0.644. The number of benzene rings is 1. The summed E-state index contributed by atoms with van der Waals surface area (Å²) < 4.78 is 0. The molecule has 4 rings (SSSR count). The first-order valence-corrected chi connectivity index (χ1v) is 12.8. The number of carbonyl (C=O) groups excluding carboxylic acids is 2. The molecule has 1 fully saturated rings. The molecule has 7 nitrogen and oxygen atoms in total. The van der Waals surface area contributed by atoms with Gasteiger partial charge < -0.3 is 20.4 Å². The minimum absolute atomic E-state index is 0.190. The second-order valence-corrected chi connectivity index (χ2v) is 10.0. The summed E-state index contributed by atoms with van der Waals surface area (Å²) >= 11 is 9.14. The molecule has 33 heavy (non-hydrogen) atoms. The fourth-order valence-corrected chi connectivity index (χ4v) is 5.56. The highest BCUT2D eigenvalue weighted by Gasteiger charge is 2.39. The molecule has 0 spiro atoms. The number of carbonyl (C=O) groups is 2. The zero-order chi connectivity index (χ0) is 23.4. The summed E-state index contributed by atoms with van der Waals surface area (Å²) in [6.07, 6.45) is -1.49. The lowest BCUT2D eigenvalue weighted by Crippen LogP contribution is -2.50. The lowest BCUT2D eigenvalue weighted by atomic mass is 10.1. The number of thiophene rings is 1. The van der Waals surface area contributed by atoms with E-state index < -0.39 is 24.0 Å². The normalized spacial score (nSPS) is 17.7. The van der Waals surface area contributed by atoms with Gasteiger partial charge in [0.1, 0.15) is 0 Å². The molecule has 3 heterocycles. The van der Waals surface area contributed by atoms with Crippen molar-refractivity contribution in [3.8, 4) is 0 Å². The van der Waals surface area contributed by atoms with Crippen LogP contribution >= 0.6 is 34.3 Å². The first kappa shape index (κ1) is 23.8. The summed E-state index contributed by atoms with van der Waals surface area (Å²) in [5, 5.41) is 27.9. The highest BCUT2D eigenvalue weighted by Crippen LogP contribution is 2.32. The van der Waals surface area contributed by atoms with Gasteiger partial charge in [-0.25, -0.2) is 4.98 Å². The summed E-state index contributed by atoms with van der Waals surface area (Å²) in [6, 6.07) is 9.36. The fourth-order valence-electron chi connectivity index (χ4n) is 3.92. The number of aliphatic hydroxyl groups is 2. The van der Waals surface area contributed by atoms with Gasteiger partial charge in [0, 0.05) is 21.8 Å². The Hall–Kier alpha value is -2.30. The van der Waals surface area contributed by atoms with Crippen molar-refractivity contribution in [2.24, 2.45) is 0 Å². The maximum Gasteiger partial charge on any atom is 0.255 e. The van der Waals surface area contributed by atoms with Crippen molar-refractivity contribution in [1.82, 2.24) is 15.2 Å². The van der Waals surface area contributed by atoms with E-state index in [0.717, 1.165) is 34.5 Å². The maximum absolute atomic E-state index is 12.8. The van der Waals surface area contributed by atoms with Gasteiger partial charge in [-0.15, -0.1) is 22.7 Å². The number of aromatic nitrogens is 1. The predicted molar refractivity (Wildman–Crippen MR) is 128 cm³/mol. The van der Waals surface area contributed by atoms with Crippen LogP contribution in [0, 0.1) is 0 Å². The van der Waals surface area contributed by atoms with E-state index in [1.807, 2.05) is 41.1 Å². The summed E-state index contributed by atoms with van der Waals surface area (Å²) in [4.78, 5) is 31.8. The number of hydrogen-bond donors (Lipinski definition) is 3. The average Bonchev–Trinajstić information content (AvgIpc) is 3.59. The molecule has 10 heteroatoms. The molecule has 3 atom stereocenters. The van der Waals surface area contributed by atoms with Crippen molar-refractivity contribution in [1.29, 1.82) is 0 Å². The van der Waals surface area contributed by atoms with Crippen LogP contribution in [0.1, 0.15) is 40.6 Å². The summed E-state index contributed by atoms with van der Waals surface area (Å²) in [5.74, 6) is -1.45. The van der Waals surface area contributed by atoms with E-state index in [-0.39, 0.29) is 12.6 Å². The van der Waals surface area contributed by atoms with Crippen molar-refractivity contribution in [2.45, 2.75) is 44.1 Å². The Bertz CT molecular complexity index is 1100. The van der Waals surface area contributed by atoms with Gasteiger partial charge in [-0.3, -0.25) is 9.59 Å². The molecule has 1 aromatic carbocycles. The Balaban J connectivity index is 1.31. The van der Waals surface area contributed by atoms with Crippen LogP contribution in [0.2, 0.25) is 5.02 Å². The highest BCUT2D eigenvalue weighted by atomic mass is 35.5. The molecule has 1 aliphatic rings. The highest BCUT2D eigenvalue weighted by molar-refractivity contribution is 7.10. The number of thiazole rings is 1. The Labute approximate surface area is 204 Å². The van der Waals surface area contributed by atoms with E-state index in [0.29, 0.717) is 18.0 Å². The first-order chi connectivity index (χ1) is 15.9. The molecule has 1 saturated heterocycles. The Morgan fingerprint density at radius 1 is 1.24 bits per heavy atom. The maximum atomic E-state index is 12.8. The Morgan fingerprint density at radius 2 is 2.06 bits per heavy atom. The molecule has 2 aromatic heterocycles. The number of likely N-dealkylation sites (tertiary alicyclic amines) is 1. The SMILES string of the molecule is O=C(NCc1cc(Cc2ccccc2Cl)cs1)C(O)[C@@H](O)C(=O)N1CCC[C@@H]1c1cscn1. The Kier molecular flexibility index (Phi) is 7.77. The van der Waals surface area contributed by atoms with E-state index in [4.69, 9.17) is 11.6 Å². The third-order valence-corrected chi connectivity index (χ3v) is 7.61. The van der Waals surface area contributed by atoms with E-state index in [1.54, 1.807) is 5.51 Å². The number of nitrogens with one attached hydrogen (secondary N) is 1. The molecule has 2 amide bonds. The second kappa shape index (κ2) is 10.8. The number of aliphatic hydroxyl groups excluding tert-OH is 2. The molecule has 3 N–H and O–H groups in total. The standard InChI is InChI=1S/C23H24ClN3O4S2/c24-17-5-2-1-4-15(17)8-14-9-16(33-11-14)10-25-22(30)20(28)21(29)23(31)27-7-3-6-19(27)18-12-32-13-26-18/h1-2,4-5,9,11-13,19-21,28-29H,3,6-8,10H2,(H,25,30)/t19-,20?,21-/m1/s1. The van der Waals surface area contributed by atoms with Crippen LogP contribution in [0.3, 0.4) is 0 Å². The van der Waals surface area contributed by atoms with Gasteiger partial charge in [0.2, 0.25) is 0 Å². The number of nitrogens with zero attached hydrogens (tertiary/aromatic N) is 2. The molecule has 0 radical (unpaired) electrons. The molecule has 174 valence electrons. The van der Waals surface area contributed by atoms with Crippen LogP contribution in [0.5, 0.6) is 0 Å². The van der Waals surface area contributed by atoms with Crippen molar-refractivity contribution in [3.05, 3.63) is 73.3 Å². The number of hydrogen-bond acceptors (Lipinski definition) is 7. The molecule has 0 saturated carbocycles. The van der Waals surface area contributed by atoms with Crippen molar-refractivity contribution in [3.63, 3.8) is 0 Å². The van der Waals surface area contributed by atoms with Crippen LogP contribution in [0.25, 0.3) is 0 Å². The van der Waals surface area contributed by atoms with Gasteiger partial charge in [0.15, 0.2) is 12.2 Å². The van der Waals surface area contributed by atoms with Crippen LogP contribution in [0.4, 0.5) is 0 Å². The van der Waals surface area contributed by atoms with E-state index in [2.05, 4.69) is 10.3 Å². The molecule has 0 aliphatic carbocycles. The van der Waals surface area contributed by atoms with Gasteiger partial charge in [0.25, 0.3) is 11.8 Å². The van der Waals surface area contributed by atoms with Crippen molar-refractivity contribution >= 4 is 46.1 Å². The van der Waals surface area contributed by atoms with Crippen LogP contribution in [-0.2, 0) is 22.6 Å². The number of rotatable bonds is 8. The van der Waals surface area contributed by atoms with Gasteiger partial charge in [-0.2, -0.15) is 0 Å².